The van der Waals surface area contributed by atoms with Gasteiger partial charge >= 0.3 is 6.09 Å². The maximum absolute atomic E-state index is 14.1. The Morgan fingerprint density at radius 1 is 1.03 bits per heavy atom. The molecule has 5 rings (SSSR count). The third-order valence-electron chi connectivity index (χ3n) is 6.44. The number of ether oxygens (including phenoxy) is 1. The molecule has 1 aromatic heterocycles. The van der Waals surface area contributed by atoms with E-state index in [4.69, 9.17) is 15.6 Å². The van der Waals surface area contributed by atoms with Crippen LogP contribution in [0.1, 0.15) is 41.3 Å². The van der Waals surface area contributed by atoms with Crippen molar-refractivity contribution in [2.75, 3.05) is 12.3 Å². The summed E-state index contributed by atoms with van der Waals surface area (Å²) < 4.78 is 20.9. The van der Waals surface area contributed by atoms with Crippen LogP contribution in [0.2, 0.25) is 0 Å². The fourth-order valence-electron chi connectivity index (χ4n) is 4.63. The molecule has 8 nitrogen and oxygen atoms in total. The molecular weight excluding hydrogens is 463 g/mol. The summed E-state index contributed by atoms with van der Waals surface area (Å²) in [4.78, 5) is 32.3. The first kappa shape index (κ1) is 23.3. The van der Waals surface area contributed by atoms with Crippen molar-refractivity contribution in [3.63, 3.8) is 0 Å². The van der Waals surface area contributed by atoms with Crippen LogP contribution in [0.3, 0.4) is 0 Å². The van der Waals surface area contributed by atoms with Crippen LogP contribution >= 0.6 is 0 Å². The number of halogens is 1. The number of amides is 1. The van der Waals surface area contributed by atoms with Crippen LogP contribution in [-0.2, 0) is 17.7 Å². The van der Waals surface area contributed by atoms with Crippen LogP contribution < -0.4 is 11.3 Å². The topological polar surface area (TPSA) is 113 Å². The van der Waals surface area contributed by atoms with Gasteiger partial charge in [0.15, 0.2) is 5.83 Å². The second kappa shape index (κ2) is 9.69. The number of benzene rings is 2. The van der Waals surface area contributed by atoms with Crippen molar-refractivity contribution in [3.8, 4) is 0 Å². The molecule has 0 spiro atoms. The summed E-state index contributed by atoms with van der Waals surface area (Å²) in [6, 6.07) is 18.8. The van der Waals surface area contributed by atoms with E-state index in [-0.39, 0.29) is 49.0 Å². The van der Waals surface area contributed by atoms with Gasteiger partial charge in [-0.15, -0.1) is 0 Å². The van der Waals surface area contributed by atoms with Gasteiger partial charge in [0.05, 0.1) is 30.8 Å². The first-order valence-corrected chi connectivity index (χ1v) is 11.7. The number of allylic oxidation sites excluding steroid dienone is 4. The van der Waals surface area contributed by atoms with Crippen LogP contribution in [0.15, 0.2) is 88.9 Å². The number of nitrogens with two attached hydrogens (primary N) is 1. The smallest absolute Gasteiger partial charge is 0.415 e. The van der Waals surface area contributed by atoms with Gasteiger partial charge in [-0.05, 0) is 17.5 Å². The van der Waals surface area contributed by atoms with E-state index < -0.39 is 18.0 Å². The average Bonchev–Trinajstić information content (AvgIpc) is 2.88. The molecule has 0 fully saturated rings. The highest BCUT2D eigenvalue weighted by Crippen LogP contribution is 2.29. The lowest BCUT2D eigenvalue weighted by atomic mass is 9.97. The highest BCUT2D eigenvalue weighted by atomic mass is 19.1. The molecule has 1 aliphatic heterocycles. The van der Waals surface area contributed by atoms with Gasteiger partial charge in [0, 0.05) is 18.5 Å². The Labute approximate surface area is 206 Å². The summed E-state index contributed by atoms with van der Waals surface area (Å²) in [6.45, 7) is 0.257. The molecule has 36 heavy (non-hydrogen) atoms. The molecule has 9 heteroatoms. The molecule has 2 aromatic carbocycles. The molecular formula is C27H26FN4O4+. The normalized spacial score (nSPS) is 15.5. The number of carbonyl (C=O) groups excluding carboxylic acids is 1. The Balaban J connectivity index is 1.46. The minimum absolute atomic E-state index is 0.0320. The number of carbonyl (C=O) groups is 1. The molecule has 0 saturated heterocycles. The monoisotopic (exact) mass is 489 g/mol. The third kappa shape index (κ3) is 4.47. The lowest BCUT2D eigenvalue weighted by molar-refractivity contribution is 0.116. The van der Waals surface area contributed by atoms with E-state index in [1.54, 1.807) is 0 Å². The highest BCUT2D eigenvalue weighted by Gasteiger charge is 2.30. The molecule has 1 amide bonds. The van der Waals surface area contributed by atoms with Gasteiger partial charge in [0.25, 0.3) is 5.56 Å². The largest absolute Gasteiger partial charge is 0.596 e. The number of aromatic nitrogens is 2. The summed E-state index contributed by atoms with van der Waals surface area (Å²) in [5, 5.41) is 7.53. The zero-order valence-corrected chi connectivity index (χ0v) is 19.5. The van der Waals surface area contributed by atoms with E-state index in [0.29, 0.717) is 17.7 Å². The molecule has 0 unspecified atom stereocenters. The lowest BCUT2D eigenvalue weighted by Gasteiger charge is -2.30. The Bertz CT molecular complexity index is 1380. The van der Waals surface area contributed by atoms with Crippen molar-refractivity contribution in [2.45, 2.75) is 31.8 Å². The van der Waals surface area contributed by atoms with Crippen molar-refractivity contribution < 1.29 is 19.0 Å². The van der Waals surface area contributed by atoms with Crippen molar-refractivity contribution in [1.82, 2.24) is 14.5 Å². The van der Waals surface area contributed by atoms with Crippen LogP contribution in [0.5, 0.6) is 0 Å². The molecule has 2 aliphatic rings. The van der Waals surface area contributed by atoms with Crippen molar-refractivity contribution in [2.24, 2.45) is 0 Å². The average molecular weight is 490 g/mol. The van der Waals surface area contributed by atoms with Gasteiger partial charge in [-0.1, -0.05) is 60.7 Å². The van der Waals surface area contributed by atoms with Gasteiger partial charge < -0.3 is 20.5 Å². The molecule has 0 bridgehead atoms. The number of anilines is 1. The number of hydrogen-bond donors (Lipinski definition) is 1. The summed E-state index contributed by atoms with van der Waals surface area (Å²) in [6.07, 6.45) is 1.06. The molecule has 2 heterocycles. The van der Waals surface area contributed by atoms with Crippen LogP contribution in [0.25, 0.3) is 0 Å². The zero-order chi connectivity index (χ0) is 25.2. The number of fused-ring (bicyclic) bond motifs is 1. The lowest BCUT2D eigenvalue weighted by Crippen LogP contribution is -2.42. The fraction of sp³-hybridized carbons (Fsp3) is 0.222. The highest BCUT2D eigenvalue weighted by molar-refractivity contribution is 5.69. The molecule has 0 saturated carbocycles. The summed E-state index contributed by atoms with van der Waals surface area (Å²) >= 11 is 0. The predicted molar refractivity (Wildman–Crippen MR) is 133 cm³/mol. The van der Waals surface area contributed by atoms with Crippen molar-refractivity contribution in [1.29, 1.82) is 0 Å². The quantitative estimate of drug-likeness (QED) is 0.563. The maximum atomic E-state index is 14.1. The van der Waals surface area contributed by atoms with E-state index in [1.165, 1.54) is 9.47 Å². The molecule has 0 atom stereocenters. The van der Waals surface area contributed by atoms with E-state index in [2.05, 4.69) is 4.98 Å². The molecule has 1 aliphatic carbocycles. The molecule has 0 radical (unpaired) electrons. The van der Waals surface area contributed by atoms with E-state index in [9.17, 15) is 14.0 Å². The summed E-state index contributed by atoms with van der Waals surface area (Å²) in [5.41, 5.74) is 8.80. The fourth-order valence-corrected chi connectivity index (χ4v) is 4.63. The second-order valence-electron chi connectivity index (χ2n) is 8.77. The summed E-state index contributed by atoms with van der Waals surface area (Å²) in [7, 11) is 0. The first-order valence-electron chi connectivity index (χ1n) is 11.7. The van der Waals surface area contributed by atoms with Gasteiger partial charge in [0.1, 0.15) is 5.76 Å². The number of hydrogen-bond acceptors (Lipinski definition) is 5. The molecule has 4 N–H and O–H groups in total. The number of rotatable bonds is 4. The maximum Gasteiger partial charge on any atom is 0.415 e. The predicted octanol–water partition coefficient (Wildman–Crippen LogP) is 3.54. The van der Waals surface area contributed by atoms with Crippen LogP contribution in [-0.4, -0.2) is 32.2 Å². The number of nitrogen functional groups attached to an aromatic ring is 1. The van der Waals surface area contributed by atoms with Gasteiger partial charge in [-0.3, -0.25) is 9.36 Å². The first-order chi connectivity index (χ1) is 17.4. The van der Waals surface area contributed by atoms with Gasteiger partial charge in [-0.2, -0.15) is 0 Å². The Morgan fingerprint density at radius 3 is 2.28 bits per heavy atom. The zero-order valence-electron chi connectivity index (χ0n) is 19.5. The minimum atomic E-state index is -0.719. The Morgan fingerprint density at radius 2 is 1.67 bits per heavy atom. The Kier molecular flexibility index (Phi) is 6.28. The van der Waals surface area contributed by atoms with Crippen LogP contribution in [0.4, 0.5) is 15.1 Å². The Hall–Kier alpha value is -4.40. The molecule has 184 valence electrons. The van der Waals surface area contributed by atoms with Crippen molar-refractivity contribution >= 4 is 12.0 Å². The molecule has 3 aromatic rings. The van der Waals surface area contributed by atoms with E-state index in [1.807, 2.05) is 60.7 Å². The minimum Gasteiger partial charge on any atom is -0.596 e. The van der Waals surface area contributed by atoms with Crippen LogP contribution in [0, 0.1) is 0 Å². The van der Waals surface area contributed by atoms with Crippen molar-refractivity contribution in [3.05, 3.63) is 117 Å². The number of nitrogens with zero attached hydrogens (tertiary/aromatic N) is 3. The SMILES string of the molecule is Nc1nc2c(c(=O)n1C(c1ccccc1)c1ccccc1)CCN(C(=O)OC1=C(F)C=C([OH2+])CC1)C2. The van der Waals surface area contributed by atoms with E-state index >= 15 is 0 Å². The third-order valence-corrected chi connectivity index (χ3v) is 6.44. The van der Waals surface area contributed by atoms with Gasteiger partial charge in [-0.25, -0.2) is 14.2 Å². The van der Waals surface area contributed by atoms with E-state index in [0.717, 1.165) is 17.2 Å². The van der Waals surface area contributed by atoms with Gasteiger partial charge in [0.2, 0.25) is 11.7 Å². The second-order valence-corrected chi connectivity index (χ2v) is 8.77. The summed E-state index contributed by atoms with van der Waals surface area (Å²) in [5.74, 6) is -0.603. The standard InChI is InChI=1S/C27H25FN4O4/c28-21-15-19(33)11-12-23(21)36-27(35)31-14-13-20-22(16-31)30-26(29)32(25(20)34)24(17-7-3-1-4-8-17)18-9-5-2-6-10-18/h1-10,15,24,33H,11-14,16H2,(H2,29,30)/p+1.